The first kappa shape index (κ1) is 51.9. The van der Waals surface area contributed by atoms with Crippen LogP contribution in [-0.4, -0.2) is 81.3 Å². The summed E-state index contributed by atoms with van der Waals surface area (Å²) in [4.78, 5) is 0. The molecule has 0 atom stereocenters. The van der Waals surface area contributed by atoms with Crippen molar-refractivity contribution < 1.29 is 17.1 Å². The zero-order chi connectivity index (χ0) is 31.8. The van der Waals surface area contributed by atoms with Crippen LogP contribution in [0.3, 0.4) is 0 Å². The van der Waals surface area contributed by atoms with Crippen molar-refractivity contribution in [2.24, 2.45) is 0 Å². The molecule has 0 aromatic rings. The fraction of sp³-hybridized carbons (Fsp3) is 1.00. The SMILES string of the molecule is CCO[SiH](C)C.CO[Si](C)(C)C.C[SiH](C)Cl.C[SiH](C)O[SiH](C)C.C[Si](C)(C)Cl.C[Si](C)(C)O[Si](C)(C)C. The minimum atomic E-state index is -1.23. The van der Waals surface area contributed by atoms with Crippen LogP contribution in [0.15, 0.2) is 0 Å². The van der Waals surface area contributed by atoms with Crippen LogP contribution in [0.1, 0.15) is 6.92 Å². The van der Waals surface area contributed by atoms with E-state index in [2.05, 4.69) is 131 Å². The molecule has 0 aromatic heterocycles. The van der Waals surface area contributed by atoms with Crippen molar-refractivity contribution in [1.82, 2.24) is 0 Å². The van der Waals surface area contributed by atoms with Gasteiger partial charge in [0.25, 0.3) is 0 Å². The van der Waals surface area contributed by atoms with E-state index in [1.807, 2.05) is 6.92 Å². The van der Waals surface area contributed by atoms with Gasteiger partial charge in [0.15, 0.2) is 52.1 Å². The molecule has 0 saturated heterocycles. The highest BCUT2D eigenvalue weighted by Gasteiger charge is 2.24. The summed E-state index contributed by atoms with van der Waals surface area (Å²) < 4.78 is 21.7. The lowest BCUT2D eigenvalue weighted by Gasteiger charge is -2.27. The maximum absolute atomic E-state index is 5.90. The Hall–Kier alpha value is 2.16. The molecule has 0 aliphatic heterocycles. The van der Waals surface area contributed by atoms with E-state index in [9.17, 15) is 0 Å². The molecule has 0 N–H and O–H groups in total. The van der Waals surface area contributed by atoms with Gasteiger partial charge in [0, 0.05) is 13.7 Å². The molecule has 0 aliphatic rings. The van der Waals surface area contributed by atoms with Gasteiger partial charge in [-0.25, -0.2) is 0 Å². The minimum absolute atomic E-state index is 0.667. The monoisotopic (exact) mass is 706 g/mol. The van der Waals surface area contributed by atoms with E-state index < -0.39 is 67.6 Å². The van der Waals surface area contributed by atoms with Crippen LogP contribution in [0.2, 0.25) is 131 Å². The van der Waals surface area contributed by atoms with Crippen LogP contribution in [0.25, 0.3) is 0 Å². The fourth-order valence-electron chi connectivity index (χ4n) is 1.80. The molecule has 4 nitrogen and oxygen atoms in total. The second-order valence-electron chi connectivity index (χ2n) is 13.5. The van der Waals surface area contributed by atoms with Gasteiger partial charge in [-0.3, -0.25) is 0 Å². The highest BCUT2D eigenvalue weighted by molar-refractivity contribution is 7.18. The molecule has 0 aliphatic carbocycles. The molecule has 0 spiro atoms. The van der Waals surface area contributed by atoms with Gasteiger partial charge in [0.05, 0.1) is 0 Å². The average Bonchev–Trinajstić information content (AvgIpc) is 2.48. The molecule has 0 aromatic carbocycles. The second kappa shape index (κ2) is 28.3. The lowest BCUT2D eigenvalue weighted by Crippen LogP contribution is -2.39. The maximum Gasteiger partial charge on any atom is 0.183 e. The molecular weight excluding hydrogens is 636 g/mol. The Morgan fingerprint density at radius 1 is 0.568 bits per heavy atom. The van der Waals surface area contributed by atoms with Crippen LogP contribution >= 0.6 is 22.2 Å². The average molecular weight is 708 g/mol. The number of halogens is 2. The Balaban J connectivity index is -0.0000000794. The molecular formula is C23H72Cl2O4Si8. The Kier molecular flexibility index (Phi) is 39.6. The molecule has 0 unspecified atom stereocenters. The molecule has 0 rings (SSSR count). The van der Waals surface area contributed by atoms with Crippen molar-refractivity contribution in [3.05, 3.63) is 0 Å². The third-order valence-electron chi connectivity index (χ3n) is 2.27. The van der Waals surface area contributed by atoms with Crippen molar-refractivity contribution in [3.8, 4) is 0 Å². The van der Waals surface area contributed by atoms with Crippen molar-refractivity contribution >= 4 is 89.7 Å². The Bertz CT molecular complexity index is 421. The normalized spacial score (nSPS) is 11.7. The molecule has 0 amide bonds. The summed E-state index contributed by atoms with van der Waals surface area (Å²) in [7, 11) is -5.63. The smallest absolute Gasteiger partial charge is 0.183 e. The third-order valence-corrected chi connectivity index (χ3v) is 13.7. The van der Waals surface area contributed by atoms with Crippen molar-refractivity contribution in [3.63, 3.8) is 0 Å². The van der Waals surface area contributed by atoms with Gasteiger partial charge in [-0.15, -0.1) is 0 Å². The summed E-state index contributed by atoms with van der Waals surface area (Å²) in [5.74, 6) is 0. The van der Waals surface area contributed by atoms with Crippen LogP contribution in [-0.2, 0) is 17.1 Å². The van der Waals surface area contributed by atoms with Crippen molar-refractivity contribution in [2.75, 3.05) is 13.7 Å². The van der Waals surface area contributed by atoms with Gasteiger partial charge in [-0.2, -0.15) is 22.2 Å². The van der Waals surface area contributed by atoms with Crippen LogP contribution in [0.4, 0.5) is 0 Å². The molecule has 0 fully saturated rings. The van der Waals surface area contributed by atoms with Crippen molar-refractivity contribution in [1.29, 1.82) is 0 Å². The summed E-state index contributed by atoms with van der Waals surface area (Å²) in [5, 5.41) is 0. The highest BCUT2D eigenvalue weighted by atomic mass is 35.6. The van der Waals surface area contributed by atoms with Gasteiger partial charge in [-0.05, 0) is 105 Å². The lowest BCUT2D eigenvalue weighted by atomic mass is 10.9. The Morgan fingerprint density at radius 2 is 0.784 bits per heavy atom. The summed E-state index contributed by atoms with van der Waals surface area (Å²) in [6.45, 7) is 46.5. The fourth-order valence-corrected chi connectivity index (χ4v) is 14.2. The lowest BCUT2D eigenvalue weighted by molar-refractivity contribution is 0.350. The first-order chi connectivity index (χ1) is 15.9. The standard InChI is InChI=1S/C6H18OSi2.C4H14OSi2.2C4H12OSi.C3H9ClSi.C2H7ClSi/c1-8(2,3)7-9(4,5)6;1-6(2)5-7(3)4;1-5-6(2,3)4;1-4-5-6(2)3;1-5(2,3)4;1-4(2)3/h1-6H3;6-7H,1-4H3;1-4H3;6H,4H2,1-3H3;1-3H3;4H,1-2H3. The summed E-state index contributed by atoms with van der Waals surface area (Å²) >= 11 is 11.1. The van der Waals surface area contributed by atoms with Crippen LogP contribution < -0.4 is 0 Å². The van der Waals surface area contributed by atoms with Gasteiger partial charge in [0.1, 0.15) is 15.5 Å². The maximum atomic E-state index is 5.90. The second-order valence-corrected chi connectivity index (χ2v) is 47.3. The molecule has 37 heavy (non-hydrogen) atoms. The summed E-state index contributed by atoms with van der Waals surface area (Å²) in [6.07, 6.45) is 0. The first-order valence-corrected chi connectivity index (χ1v) is 40.9. The van der Waals surface area contributed by atoms with E-state index in [1.165, 1.54) is 0 Å². The van der Waals surface area contributed by atoms with Crippen LogP contribution in [0, 0.1) is 0 Å². The molecule has 234 valence electrons. The van der Waals surface area contributed by atoms with E-state index in [4.69, 9.17) is 39.2 Å². The largest absolute Gasteiger partial charge is 0.461 e. The predicted molar refractivity (Wildman–Crippen MR) is 201 cm³/mol. The number of rotatable bonds is 7. The Morgan fingerprint density at radius 3 is 0.784 bits per heavy atom. The van der Waals surface area contributed by atoms with E-state index in [1.54, 1.807) is 7.11 Å². The van der Waals surface area contributed by atoms with Gasteiger partial charge in [0.2, 0.25) is 0 Å². The summed E-state index contributed by atoms with van der Waals surface area (Å²) in [5.41, 5.74) is 0. The Labute approximate surface area is 256 Å². The zero-order valence-electron chi connectivity index (χ0n) is 29.4. The summed E-state index contributed by atoms with van der Waals surface area (Å²) in [6, 6.07) is 0. The molecule has 14 heteroatoms. The van der Waals surface area contributed by atoms with Gasteiger partial charge in [-0.1, -0.05) is 32.7 Å². The molecule has 0 bridgehead atoms. The predicted octanol–water partition coefficient (Wildman–Crippen LogP) is 9.39. The zero-order valence-corrected chi connectivity index (χ0v) is 39.5. The van der Waals surface area contributed by atoms with E-state index in [0.29, 0.717) is 0 Å². The minimum Gasteiger partial charge on any atom is -0.461 e. The molecule has 0 radical (unpaired) electrons. The highest BCUT2D eigenvalue weighted by Crippen LogP contribution is 2.12. The quantitative estimate of drug-likeness (QED) is 0.195. The van der Waals surface area contributed by atoms with Crippen molar-refractivity contribution in [2.45, 2.75) is 138 Å². The van der Waals surface area contributed by atoms with E-state index in [0.717, 1.165) is 6.61 Å². The topological polar surface area (TPSA) is 36.9 Å². The first-order valence-electron chi connectivity index (χ1n) is 13.7. The molecule has 0 saturated carbocycles. The van der Waals surface area contributed by atoms with Gasteiger partial charge >= 0.3 is 0 Å². The van der Waals surface area contributed by atoms with E-state index in [-0.39, 0.29) is 0 Å². The number of hydrogen-bond acceptors (Lipinski definition) is 4. The number of hydrogen-bond donors (Lipinski definition) is 0. The van der Waals surface area contributed by atoms with Gasteiger partial charge < -0.3 is 17.1 Å². The van der Waals surface area contributed by atoms with Crippen LogP contribution in [0.5, 0.6) is 0 Å². The molecule has 0 heterocycles. The van der Waals surface area contributed by atoms with E-state index >= 15 is 0 Å². The third kappa shape index (κ3) is 151.